The molecule has 45 heavy (non-hydrogen) atoms. The Bertz CT molecular complexity index is 1300. The highest BCUT2D eigenvalue weighted by atomic mass is 32.2. The fourth-order valence-electron chi connectivity index (χ4n) is 7.29. The minimum absolute atomic E-state index is 0.0139. The second kappa shape index (κ2) is 15.8. The second-order valence-electron chi connectivity index (χ2n) is 13.7. The number of rotatable bonds is 15. The van der Waals surface area contributed by atoms with E-state index in [4.69, 9.17) is 18.6 Å². The molecule has 2 aliphatic rings. The van der Waals surface area contributed by atoms with E-state index in [1.807, 2.05) is 31.2 Å². The molecule has 1 fully saturated rings. The molecule has 0 aromatic heterocycles. The highest BCUT2D eigenvalue weighted by Gasteiger charge is 2.47. The molecule has 0 spiro atoms. The summed E-state index contributed by atoms with van der Waals surface area (Å²) in [7, 11) is -3.94. The lowest BCUT2D eigenvalue weighted by Gasteiger charge is -2.46. The molecule has 4 rings (SSSR count). The van der Waals surface area contributed by atoms with Crippen molar-refractivity contribution in [1.29, 1.82) is 0 Å². The van der Waals surface area contributed by atoms with Crippen LogP contribution in [0.15, 0.2) is 47.4 Å². The van der Waals surface area contributed by atoms with Crippen LogP contribution in [0, 0.1) is 6.92 Å². The van der Waals surface area contributed by atoms with Crippen molar-refractivity contribution in [1.82, 2.24) is 5.32 Å². The van der Waals surface area contributed by atoms with Gasteiger partial charge >= 0.3 is 0 Å². The van der Waals surface area contributed by atoms with Gasteiger partial charge in [0.25, 0.3) is 0 Å². The molecule has 8 nitrogen and oxygen atoms in total. The van der Waals surface area contributed by atoms with Crippen molar-refractivity contribution in [3.05, 3.63) is 53.6 Å². The van der Waals surface area contributed by atoms with Gasteiger partial charge in [-0.15, -0.1) is 0 Å². The summed E-state index contributed by atoms with van der Waals surface area (Å²) in [5.74, 6) is 0.676. The molecule has 0 radical (unpaired) electrons. The molecule has 0 bridgehead atoms. The Labute approximate surface area is 273 Å². The first kappa shape index (κ1) is 35.9. The molecule has 1 unspecified atom stereocenters. The number of ether oxygens (including phenoxy) is 3. The maximum Gasteiger partial charge on any atom is 0.202 e. The number of nitrogens with zero attached hydrogens (tertiary/aromatic N) is 1. The topological polar surface area (TPSA) is 86.3 Å². The van der Waals surface area contributed by atoms with Gasteiger partial charge in [-0.05, 0) is 72.6 Å². The largest absolute Gasteiger partial charge is 0.490 e. The number of piperidine rings is 1. The number of nitrogens with one attached hydrogen (secondary N) is 1. The van der Waals surface area contributed by atoms with Gasteiger partial charge in [0.05, 0.1) is 41.3 Å². The maximum absolute atomic E-state index is 13.7. The molecule has 1 saturated heterocycles. The number of fused-ring (bicyclic) bond motifs is 1. The first-order valence-electron chi connectivity index (χ1n) is 16.7. The average Bonchev–Trinajstić information content (AvgIpc) is 3.00. The maximum atomic E-state index is 13.7. The quantitative estimate of drug-likeness (QED) is 0.161. The zero-order valence-electron chi connectivity index (χ0n) is 28.7. The van der Waals surface area contributed by atoms with E-state index in [0.29, 0.717) is 41.3 Å². The highest BCUT2D eigenvalue weighted by molar-refractivity contribution is 7.91. The molecule has 0 aliphatic carbocycles. The van der Waals surface area contributed by atoms with Crippen LogP contribution in [0.4, 0.5) is 5.69 Å². The Morgan fingerprint density at radius 3 is 2.29 bits per heavy atom. The fraction of sp³-hybridized carbons (Fsp3) is 0.657. The van der Waals surface area contributed by atoms with Gasteiger partial charge in [-0.25, -0.2) is 8.42 Å². The molecular weight excluding hydrogens is 605 g/mol. The van der Waals surface area contributed by atoms with E-state index in [-0.39, 0.29) is 18.1 Å². The van der Waals surface area contributed by atoms with Crippen LogP contribution < -0.4 is 15.0 Å². The Kier molecular flexibility index (Phi) is 12.6. The summed E-state index contributed by atoms with van der Waals surface area (Å²) in [4.78, 5) is 2.61. The zero-order chi connectivity index (χ0) is 32.8. The van der Waals surface area contributed by atoms with Crippen molar-refractivity contribution in [2.24, 2.45) is 0 Å². The first-order valence-corrected chi connectivity index (χ1v) is 20.5. The molecule has 2 aromatic rings. The summed E-state index contributed by atoms with van der Waals surface area (Å²) in [6.07, 6.45) is 1.74. The Hall–Kier alpha value is -1.95. The molecule has 252 valence electrons. The second-order valence-corrected chi connectivity index (χ2v) is 21.1. The molecule has 2 aromatic carbocycles. The normalized spacial score (nSPS) is 20.0. The lowest BCUT2D eigenvalue weighted by Crippen LogP contribution is -2.55. The van der Waals surface area contributed by atoms with Crippen LogP contribution in [0.3, 0.4) is 0 Å². The molecular formula is C35H56N2O6SSi. The molecule has 2 aliphatic heterocycles. The monoisotopic (exact) mass is 660 g/mol. The SMILES string of the molecule is COCCCN1CCOc2ccc(C(CS(=O)(=O)c3ccc(C)cc3)O[C@@H]3CC[C@H](O[Si](C(C)C)(C(C)C)C(C)C)NC3)cc21. The molecule has 0 amide bonds. The summed E-state index contributed by atoms with van der Waals surface area (Å²) >= 11 is 0. The number of benzene rings is 2. The number of aryl methyl sites for hydroxylation is 1. The highest BCUT2D eigenvalue weighted by Crippen LogP contribution is 2.43. The van der Waals surface area contributed by atoms with E-state index in [2.05, 4.69) is 57.8 Å². The van der Waals surface area contributed by atoms with E-state index >= 15 is 0 Å². The van der Waals surface area contributed by atoms with E-state index < -0.39 is 24.3 Å². The Morgan fingerprint density at radius 1 is 1.00 bits per heavy atom. The third kappa shape index (κ3) is 8.70. The van der Waals surface area contributed by atoms with Crippen LogP contribution in [0.25, 0.3) is 0 Å². The zero-order valence-corrected chi connectivity index (χ0v) is 30.5. The van der Waals surface area contributed by atoms with Crippen LogP contribution in [-0.4, -0.2) is 74.8 Å². The van der Waals surface area contributed by atoms with E-state index in [1.54, 1.807) is 19.2 Å². The van der Waals surface area contributed by atoms with Crippen LogP contribution in [-0.2, 0) is 23.7 Å². The van der Waals surface area contributed by atoms with E-state index in [0.717, 1.165) is 54.9 Å². The van der Waals surface area contributed by atoms with E-state index in [9.17, 15) is 8.42 Å². The van der Waals surface area contributed by atoms with Crippen LogP contribution in [0.1, 0.15) is 78.0 Å². The number of methoxy groups -OCH3 is 1. The third-order valence-corrected chi connectivity index (χ3v) is 17.4. The summed E-state index contributed by atoms with van der Waals surface area (Å²) in [5, 5.41) is 3.63. The summed E-state index contributed by atoms with van der Waals surface area (Å²) in [6.45, 7) is 19.3. The standard InChI is InChI=1S/C35H56N2O6SSi/c1-25(2)45(26(3)4,27(5)6)43-35-17-13-30(23-36-35)42-34(24-44(38,39)31-14-10-28(7)11-15-31)29-12-16-33-32(22-29)37(19-21-41-33)18-9-20-40-8/h10-12,14-16,22,25-27,30,34-36H,9,13,17-21,23-24H2,1-8H3/t30-,34?,35+/m1/s1. The summed E-state index contributed by atoms with van der Waals surface area (Å²) in [5.41, 5.74) is 4.36. The minimum atomic E-state index is -3.62. The number of hydrogen-bond donors (Lipinski definition) is 1. The van der Waals surface area contributed by atoms with Crippen molar-refractivity contribution < 1.29 is 27.1 Å². The first-order chi connectivity index (χ1) is 21.4. The van der Waals surface area contributed by atoms with Crippen molar-refractivity contribution in [3.8, 4) is 5.75 Å². The van der Waals surface area contributed by atoms with Gasteiger partial charge in [-0.3, -0.25) is 5.32 Å². The van der Waals surface area contributed by atoms with Gasteiger partial charge in [-0.1, -0.05) is 65.3 Å². The predicted octanol–water partition coefficient (Wildman–Crippen LogP) is 7.03. The van der Waals surface area contributed by atoms with Gasteiger partial charge in [0.1, 0.15) is 12.4 Å². The van der Waals surface area contributed by atoms with Crippen molar-refractivity contribution in [2.45, 2.75) is 108 Å². The number of sulfone groups is 1. The van der Waals surface area contributed by atoms with E-state index in [1.165, 1.54) is 0 Å². The van der Waals surface area contributed by atoms with Gasteiger partial charge in [0, 0.05) is 26.8 Å². The van der Waals surface area contributed by atoms with Crippen molar-refractivity contribution >= 4 is 23.8 Å². The van der Waals surface area contributed by atoms with Crippen molar-refractivity contribution in [2.75, 3.05) is 50.6 Å². The smallest absolute Gasteiger partial charge is 0.202 e. The third-order valence-electron chi connectivity index (χ3n) is 9.58. The molecule has 2 heterocycles. The molecule has 3 atom stereocenters. The van der Waals surface area contributed by atoms with Crippen LogP contribution in [0.5, 0.6) is 5.75 Å². The molecule has 10 heteroatoms. The lowest BCUT2D eigenvalue weighted by atomic mass is 10.1. The number of anilines is 1. The van der Waals surface area contributed by atoms with Gasteiger partial charge in [-0.2, -0.15) is 0 Å². The van der Waals surface area contributed by atoms with Crippen LogP contribution in [0.2, 0.25) is 16.6 Å². The minimum Gasteiger partial charge on any atom is -0.490 e. The summed E-state index contributed by atoms with van der Waals surface area (Å²) in [6, 6.07) is 13.1. The average molecular weight is 661 g/mol. The van der Waals surface area contributed by atoms with Gasteiger partial charge in [0.15, 0.2) is 9.84 Å². The summed E-state index contributed by atoms with van der Waals surface area (Å²) < 4.78 is 52.5. The van der Waals surface area contributed by atoms with Gasteiger partial charge < -0.3 is 23.5 Å². The fourth-order valence-corrected chi connectivity index (χ4v) is 14.2. The number of hydrogen-bond acceptors (Lipinski definition) is 8. The van der Waals surface area contributed by atoms with Gasteiger partial charge in [0.2, 0.25) is 8.32 Å². The molecule has 1 N–H and O–H groups in total. The predicted molar refractivity (Wildman–Crippen MR) is 185 cm³/mol. The molecule has 0 saturated carbocycles. The Morgan fingerprint density at radius 2 is 1.69 bits per heavy atom. The lowest BCUT2D eigenvalue weighted by molar-refractivity contribution is -0.0384. The Balaban J connectivity index is 1.56. The van der Waals surface area contributed by atoms with Crippen LogP contribution >= 0.6 is 0 Å². The van der Waals surface area contributed by atoms with Crippen molar-refractivity contribution in [3.63, 3.8) is 0 Å².